The van der Waals surface area contributed by atoms with Crippen molar-refractivity contribution in [3.8, 4) is 0 Å². The second-order valence-electron chi connectivity index (χ2n) is 7.63. The Balaban J connectivity index is 1.73. The van der Waals surface area contributed by atoms with Crippen molar-refractivity contribution in [2.45, 2.75) is 31.3 Å². The molecular weight excluding hydrogens is 427 g/mol. The smallest absolute Gasteiger partial charge is 0.412 e. The van der Waals surface area contributed by atoms with Crippen LogP contribution in [0.25, 0.3) is 0 Å². The molecule has 0 saturated carbocycles. The van der Waals surface area contributed by atoms with Gasteiger partial charge in [0.25, 0.3) is 10.0 Å². The van der Waals surface area contributed by atoms with Crippen LogP contribution in [0.2, 0.25) is 0 Å². The number of ether oxygens (including phenoxy) is 1. The summed E-state index contributed by atoms with van der Waals surface area (Å²) in [5, 5.41) is 4.91. The molecule has 2 amide bonds. The van der Waals surface area contributed by atoms with Gasteiger partial charge in [0, 0.05) is 5.56 Å². The number of nitrogens with zero attached hydrogens (tertiary/aromatic N) is 1. The summed E-state index contributed by atoms with van der Waals surface area (Å²) in [4.78, 5) is 28.5. The van der Waals surface area contributed by atoms with Gasteiger partial charge in [0.2, 0.25) is 5.91 Å². The van der Waals surface area contributed by atoms with Gasteiger partial charge < -0.3 is 10.1 Å². The highest BCUT2D eigenvalue weighted by Gasteiger charge is 2.30. The van der Waals surface area contributed by atoms with Crippen LogP contribution in [0.4, 0.5) is 20.6 Å². The Morgan fingerprint density at radius 1 is 1.10 bits per heavy atom. The summed E-state index contributed by atoms with van der Waals surface area (Å²) in [6, 6.07) is 9.66. The van der Waals surface area contributed by atoms with Crippen LogP contribution in [0.3, 0.4) is 0 Å². The van der Waals surface area contributed by atoms with Crippen molar-refractivity contribution in [1.82, 2.24) is 4.72 Å². The first-order chi connectivity index (χ1) is 14.4. The molecule has 0 saturated heterocycles. The average Bonchev–Trinajstić information content (AvgIpc) is 2.92. The van der Waals surface area contributed by atoms with E-state index in [4.69, 9.17) is 4.74 Å². The van der Waals surface area contributed by atoms with E-state index < -0.39 is 40.0 Å². The van der Waals surface area contributed by atoms with Gasteiger partial charge in [-0.15, -0.1) is 0 Å². The number of aliphatic imine (C=N–C) groups is 1. The van der Waals surface area contributed by atoms with Crippen LogP contribution in [0.15, 0.2) is 52.4 Å². The summed E-state index contributed by atoms with van der Waals surface area (Å²) in [5.41, 5.74) is -0.255. The lowest BCUT2D eigenvalue weighted by Crippen LogP contribution is -2.28. The number of halogens is 1. The standard InChI is InChI=1S/C20H21FN4O5S/c1-20(2,3)30-19(27)24-14-9-8-12(21)10-15(14)23-17(26)11-22-18-13-6-4-5-7-16(13)31(28,29)25-18/h4-10H,11H2,1-3H3,(H,22,25)(H,23,26)(H,24,27). The minimum absolute atomic E-state index is 0.00321. The van der Waals surface area contributed by atoms with E-state index in [9.17, 15) is 22.4 Å². The molecule has 2 aromatic carbocycles. The predicted octanol–water partition coefficient (Wildman–Crippen LogP) is 2.85. The van der Waals surface area contributed by atoms with E-state index in [-0.39, 0.29) is 22.1 Å². The highest BCUT2D eigenvalue weighted by atomic mass is 32.2. The average molecular weight is 448 g/mol. The highest BCUT2D eigenvalue weighted by Crippen LogP contribution is 2.24. The van der Waals surface area contributed by atoms with E-state index in [0.717, 1.165) is 12.1 Å². The molecule has 0 unspecified atom stereocenters. The van der Waals surface area contributed by atoms with Crippen molar-refractivity contribution in [2.75, 3.05) is 17.2 Å². The first-order valence-corrected chi connectivity index (χ1v) is 10.7. The van der Waals surface area contributed by atoms with E-state index in [1.54, 1.807) is 39.0 Å². The second kappa shape index (κ2) is 8.34. The Kier molecular flexibility index (Phi) is 5.98. The summed E-state index contributed by atoms with van der Waals surface area (Å²) in [6.45, 7) is 4.63. The lowest BCUT2D eigenvalue weighted by Gasteiger charge is -2.20. The van der Waals surface area contributed by atoms with Crippen LogP contribution in [0.1, 0.15) is 26.3 Å². The van der Waals surface area contributed by atoms with Crippen molar-refractivity contribution in [1.29, 1.82) is 0 Å². The normalized spacial score (nSPS) is 15.7. The molecule has 0 radical (unpaired) electrons. The summed E-state index contributed by atoms with van der Waals surface area (Å²) < 4.78 is 45.3. The fourth-order valence-corrected chi connectivity index (χ4v) is 3.99. The molecule has 3 rings (SSSR count). The largest absolute Gasteiger partial charge is 0.444 e. The van der Waals surface area contributed by atoms with E-state index in [1.165, 1.54) is 12.1 Å². The van der Waals surface area contributed by atoms with Crippen molar-refractivity contribution in [3.63, 3.8) is 0 Å². The molecule has 0 aromatic heterocycles. The molecule has 164 valence electrons. The number of nitrogens with one attached hydrogen (secondary N) is 3. The van der Waals surface area contributed by atoms with Gasteiger partial charge in [-0.05, 0) is 51.1 Å². The van der Waals surface area contributed by atoms with E-state index in [0.29, 0.717) is 5.56 Å². The second-order valence-corrected chi connectivity index (χ2v) is 9.28. The van der Waals surface area contributed by atoms with Crippen LogP contribution in [0, 0.1) is 5.82 Å². The molecule has 1 aliphatic heterocycles. The number of carbonyl (C=O) groups excluding carboxylic acids is 2. The van der Waals surface area contributed by atoms with Crippen molar-refractivity contribution >= 4 is 39.2 Å². The number of hydrogen-bond donors (Lipinski definition) is 3. The van der Waals surface area contributed by atoms with Crippen molar-refractivity contribution in [3.05, 3.63) is 53.8 Å². The van der Waals surface area contributed by atoms with Gasteiger partial charge in [-0.25, -0.2) is 17.6 Å². The Hall–Kier alpha value is -3.47. The Labute approximate surface area is 178 Å². The van der Waals surface area contributed by atoms with E-state index in [1.807, 2.05) is 0 Å². The third-order valence-electron chi connectivity index (χ3n) is 3.93. The molecular formula is C20H21FN4O5S. The molecule has 0 aliphatic carbocycles. The van der Waals surface area contributed by atoms with Crippen LogP contribution < -0.4 is 15.4 Å². The summed E-state index contributed by atoms with van der Waals surface area (Å²) in [5.74, 6) is -1.24. The van der Waals surface area contributed by atoms with Gasteiger partial charge in [0.1, 0.15) is 23.8 Å². The minimum atomic E-state index is -3.73. The third kappa shape index (κ3) is 5.57. The Morgan fingerprint density at radius 2 is 1.81 bits per heavy atom. The maximum Gasteiger partial charge on any atom is 0.412 e. The van der Waals surface area contributed by atoms with Crippen molar-refractivity contribution < 1.29 is 27.1 Å². The van der Waals surface area contributed by atoms with Crippen molar-refractivity contribution in [2.24, 2.45) is 4.99 Å². The monoisotopic (exact) mass is 448 g/mol. The first-order valence-electron chi connectivity index (χ1n) is 9.21. The zero-order chi connectivity index (χ0) is 22.8. The number of sulfonamides is 1. The zero-order valence-electron chi connectivity index (χ0n) is 17.0. The maximum atomic E-state index is 13.7. The predicted molar refractivity (Wildman–Crippen MR) is 113 cm³/mol. The van der Waals surface area contributed by atoms with Gasteiger partial charge in [-0.3, -0.25) is 19.8 Å². The molecule has 0 atom stereocenters. The number of amidine groups is 1. The number of hydrogen-bond acceptors (Lipinski definition) is 6. The topological polar surface area (TPSA) is 126 Å². The van der Waals surface area contributed by atoms with Crippen LogP contribution >= 0.6 is 0 Å². The SMILES string of the molecule is CC(C)(C)OC(=O)Nc1ccc(F)cc1NC(=O)CN=C1NS(=O)(=O)c2ccccc21. The number of amides is 2. The number of benzene rings is 2. The Bertz CT molecular complexity index is 1170. The zero-order valence-corrected chi connectivity index (χ0v) is 17.8. The fourth-order valence-electron chi connectivity index (χ4n) is 2.73. The molecule has 11 heteroatoms. The van der Waals surface area contributed by atoms with Crippen LogP contribution in [0.5, 0.6) is 0 Å². The molecule has 2 aromatic rings. The molecule has 31 heavy (non-hydrogen) atoms. The summed E-state index contributed by atoms with van der Waals surface area (Å²) in [6.07, 6.45) is -0.771. The van der Waals surface area contributed by atoms with Gasteiger partial charge >= 0.3 is 6.09 Å². The van der Waals surface area contributed by atoms with Crippen LogP contribution in [-0.2, 0) is 19.6 Å². The molecule has 0 spiro atoms. The minimum Gasteiger partial charge on any atom is -0.444 e. The molecule has 1 heterocycles. The Morgan fingerprint density at radius 3 is 2.52 bits per heavy atom. The van der Waals surface area contributed by atoms with E-state index in [2.05, 4.69) is 20.3 Å². The molecule has 9 nitrogen and oxygen atoms in total. The third-order valence-corrected chi connectivity index (χ3v) is 5.33. The van der Waals surface area contributed by atoms with Gasteiger partial charge in [-0.2, -0.15) is 0 Å². The number of rotatable bonds is 4. The number of fused-ring (bicyclic) bond motifs is 1. The molecule has 0 fully saturated rings. The summed E-state index contributed by atoms with van der Waals surface area (Å²) in [7, 11) is -3.73. The van der Waals surface area contributed by atoms with Crippen LogP contribution in [-0.4, -0.2) is 38.4 Å². The first kappa shape index (κ1) is 22.2. The number of carbonyl (C=O) groups is 2. The summed E-state index contributed by atoms with van der Waals surface area (Å²) >= 11 is 0. The lowest BCUT2D eigenvalue weighted by atomic mass is 10.2. The molecule has 0 bridgehead atoms. The lowest BCUT2D eigenvalue weighted by molar-refractivity contribution is -0.114. The number of anilines is 2. The molecule has 3 N–H and O–H groups in total. The molecule has 1 aliphatic rings. The maximum absolute atomic E-state index is 13.7. The van der Waals surface area contributed by atoms with E-state index >= 15 is 0 Å². The van der Waals surface area contributed by atoms with Gasteiger partial charge in [-0.1, -0.05) is 12.1 Å². The van der Waals surface area contributed by atoms with Gasteiger partial charge in [0.05, 0.1) is 16.3 Å². The fraction of sp³-hybridized carbons (Fsp3) is 0.250. The van der Waals surface area contributed by atoms with Gasteiger partial charge in [0.15, 0.2) is 0 Å². The highest BCUT2D eigenvalue weighted by molar-refractivity contribution is 7.90. The quantitative estimate of drug-likeness (QED) is 0.663.